The van der Waals surface area contributed by atoms with Gasteiger partial charge in [-0.1, -0.05) is 12.1 Å². The van der Waals surface area contributed by atoms with Crippen molar-refractivity contribution in [3.63, 3.8) is 0 Å². The zero-order valence-electron chi connectivity index (χ0n) is 17.2. The fraction of sp³-hybridized carbons (Fsp3) is 0.0952. The number of benzene rings is 2. The van der Waals surface area contributed by atoms with Gasteiger partial charge in [-0.05, 0) is 18.2 Å². The van der Waals surface area contributed by atoms with Gasteiger partial charge in [-0.2, -0.15) is 5.26 Å². The number of nitrogens with zero attached hydrogens (tertiary/aromatic N) is 3. The summed E-state index contributed by atoms with van der Waals surface area (Å²) < 4.78 is 4.34. The monoisotopic (exact) mass is 463 g/mol. The van der Waals surface area contributed by atoms with Gasteiger partial charge in [0.1, 0.15) is 17.7 Å². The maximum Gasteiger partial charge on any atom is 0.375 e. The molecule has 0 unspecified atom stereocenters. The predicted molar refractivity (Wildman–Crippen MR) is 114 cm³/mol. The van der Waals surface area contributed by atoms with Crippen LogP contribution in [-0.4, -0.2) is 45.4 Å². The number of amides is 1. The highest BCUT2D eigenvalue weighted by atomic mass is 16.6. The van der Waals surface area contributed by atoms with Crippen molar-refractivity contribution in [2.24, 2.45) is 0 Å². The van der Waals surface area contributed by atoms with Gasteiger partial charge >= 0.3 is 5.97 Å². The van der Waals surface area contributed by atoms with Gasteiger partial charge in [-0.3, -0.25) is 29.3 Å². The highest BCUT2D eigenvalue weighted by Crippen LogP contribution is 2.23. The molecular formula is C21H13N5O8. The zero-order chi connectivity index (χ0) is 25.0. The fourth-order valence-corrected chi connectivity index (χ4v) is 2.99. The number of carbonyl (C=O) groups excluding carboxylic acids is 4. The number of para-hydroxylation sites is 2. The van der Waals surface area contributed by atoms with Crippen molar-refractivity contribution in [1.29, 1.82) is 5.26 Å². The van der Waals surface area contributed by atoms with Crippen LogP contribution in [-0.2, 0) is 23.9 Å². The predicted octanol–water partition coefficient (Wildman–Crippen LogP) is 0.736. The van der Waals surface area contributed by atoms with E-state index in [-0.39, 0.29) is 22.3 Å². The quantitative estimate of drug-likeness (QED) is 0.165. The third kappa shape index (κ3) is 4.50. The van der Waals surface area contributed by atoms with Gasteiger partial charge < -0.3 is 15.0 Å². The van der Waals surface area contributed by atoms with E-state index in [1.165, 1.54) is 12.1 Å². The number of Topliss-reactive ketones (excluding diaryl/α,β-unsaturated/α-hetero) is 2. The van der Waals surface area contributed by atoms with Crippen LogP contribution < -0.4 is 10.9 Å². The van der Waals surface area contributed by atoms with Crippen LogP contribution in [0.2, 0.25) is 0 Å². The number of H-pyrrole nitrogens is 1. The fourth-order valence-electron chi connectivity index (χ4n) is 2.99. The minimum atomic E-state index is -2.27. The van der Waals surface area contributed by atoms with Crippen LogP contribution in [0.5, 0.6) is 0 Å². The second-order valence-electron chi connectivity index (χ2n) is 6.67. The highest BCUT2D eigenvalue weighted by molar-refractivity contribution is 6.52. The summed E-state index contributed by atoms with van der Waals surface area (Å²) in [5.41, 5.74) is -2.39. The molecule has 1 atom stereocenters. The highest BCUT2D eigenvalue weighted by Gasteiger charge is 2.40. The Morgan fingerprint density at radius 3 is 2.53 bits per heavy atom. The maximum atomic E-state index is 13.0. The first-order valence-corrected chi connectivity index (χ1v) is 9.32. The van der Waals surface area contributed by atoms with Crippen LogP contribution >= 0.6 is 0 Å². The average molecular weight is 463 g/mol. The van der Waals surface area contributed by atoms with Crippen LogP contribution in [0.15, 0.2) is 47.3 Å². The first-order chi connectivity index (χ1) is 16.2. The van der Waals surface area contributed by atoms with Crippen molar-refractivity contribution in [3.05, 3.63) is 74.2 Å². The summed E-state index contributed by atoms with van der Waals surface area (Å²) in [4.78, 5) is 79.3. The smallest absolute Gasteiger partial charge is 0.375 e. The van der Waals surface area contributed by atoms with Gasteiger partial charge in [-0.25, -0.2) is 9.78 Å². The van der Waals surface area contributed by atoms with Gasteiger partial charge in [0.05, 0.1) is 34.3 Å². The van der Waals surface area contributed by atoms with E-state index in [9.17, 15) is 39.3 Å². The zero-order valence-corrected chi connectivity index (χ0v) is 17.2. The molecule has 13 nitrogen and oxygen atoms in total. The third-order valence-electron chi connectivity index (χ3n) is 4.62. The Hall–Kier alpha value is -5.25. The van der Waals surface area contributed by atoms with Crippen molar-refractivity contribution in [2.75, 3.05) is 12.4 Å². The molecule has 2 N–H and O–H groups in total. The van der Waals surface area contributed by atoms with E-state index in [0.29, 0.717) is 0 Å². The number of hydrogen-bond acceptors (Lipinski definition) is 10. The normalized spacial score (nSPS) is 11.2. The second-order valence-corrected chi connectivity index (χ2v) is 6.67. The van der Waals surface area contributed by atoms with E-state index >= 15 is 0 Å². The molecule has 0 aliphatic rings. The molecule has 13 heteroatoms. The molecule has 34 heavy (non-hydrogen) atoms. The molecule has 3 rings (SSSR count). The minimum Gasteiger partial charge on any atom is -0.463 e. The van der Waals surface area contributed by atoms with Gasteiger partial charge in [0.2, 0.25) is 5.78 Å². The number of esters is 1. The molecule has 0 aliphatic carbocycles. The van der Waals surface area contributed by atoms with Gasteiger partial charge in [0.15, 0.2) is 0 Å². The first-order valence-electron chi connectivity index (χ1n) is 9.32. The van der Waals surface area contributed by atoms with Crippen LogP contribution in [0.4, 0.5) is 11.4 Å². The lowest BCUT2D eigenvalue weighted by molar-refractivity contribution is -0.384. The van der Waals surface area contributed by atoms with Crippen molar-refractivity contribution in [1.82, 2.24) is 9.97 Å². The SMILES string of the molecule is COC(=O)C(=O)[C@@H](C(=O)C(=O)Nc1cc([N+](=O)[O-])ccc1C#N)c1nc2ccccc2[nH]c1=O. The molecule has 170 valence electrons. The molecule has 1 amide bonds. The molecule has 1 heterocycles. The number of aromatic nitrogens is 2. The number of ether oxygens (including phenoxy) is 1. The van der Waals surface area contributed by atoms with Gasteiger partial charge in [-0.15, -0.1) is 0 Å². The largest absolute Gasteiger partial charge is 0.463 e. The second kappa shape index (κ2) is 9.49. The summed E-state index contributed by atoms with van der Waals surface area (Å²) in [5, 5.41) is 22.2. The lowest BCUT2D eigenvalue weighted by Gasteiger charge is -2.13. The van der Waals surface area contributed by atoms with E-state index in [2.05, 4.69) is 14.7 Å². The number of non-ortho nitro benzene ring substituents is 1. The lowest BCUT2D eigenvalue weighted by Crippen LogP contribution is -2.39. The third-order valence-corrected chi connectivity index (χ3v) is 4.62. The Morgan fingerprint density at radius 2 is 1.88 bits per heavy atom. The average Bonchev–Trinajstić information content (AvgIpc) is 2.83. The molecule has 0 saturated carbocycles. The number of nitrogens with one attached hydrogen (secondary N) is 2. The lowest BCUT2D eigenvalue weighted by atomic mass is 9.94. The molecule has 0 bridgehead atoms. The number of hydrogen-bond donors (Lipinski definition) is 2. The Labute approximate surface area is 189 Å². The van der Waals surface area contributed by atoms with Crippen LogP contribution in [0.25, 0.3) is 11.0 Å². The van der Waals surface area contributed by atoms with Crippen LogP contribution in [0, 0.1) is 21.4 Å². The number of carbonyl (C=O) groups is 4. The van der Waals surface area contributed by atoms with Crippen molar-refractivity contribution in [2.45, 2.75) is 5.92 Å². The summed E-state index contributed by atoms with van der Waals surface area (Å²) >= 11 is 0. The number of ketones is 2. The Bertz CT molecular complexity index is 1470. The van der Waals surface area contributed by atoms with E-state index in [1.54, 1.807) is 18.2 Å². The van der Waals surface area contributed by atoms with E-state index in [1.807, 2.05) is 5.32 Å². The molecule has 2 aromatic carbocycles. The molecule has 0 fully saturated rings. The molecule has 0 spiro atoms. The maximum absolute atomic E-state index is 13.0. The summed E-state index contributed by atoms with van der Waals surface area (Å²) in [6, 6.07) is 10.7. The Balaban J connectivity index is 2.07. The van der Waals surface area contributed by atoms with Crippen LogP contribution in [0.1, 0.15) is 17.2 Å². The number of methoxy groups -OCH3 is 1. The molecule has 0 saturated heterocycles. The topological polar surface area (TPSA) is 202 Å². The number of nitro benzene ring substituents is 1. The van der Waals surface area contributed by atoms with E-state index in [4.69, 9.17) is 0 Å². The Kier molecular flexibility index (Phi) is 6.53. The summed E-state index contributed by atoms with van der Waals surface area (Å²) in [7, 11) is 0.863. The minimum absolute atomic E-state index is 0.165. The summed E-state index contributed by atoms with van der Waals surface area (Å²) in [6.07, 6.45) is 0. The molecule has 3 aromatic rings. The van der Waals surface area contributed by atoms with Crippen molar-refractivity contribution in [3.8, 4) is 6.07 Å². The Morgan fingerprint density at radius 1 is 1.18 bits per heavy atom. The molecule has 1 aromatic heterocycles. The summed E-state index contributed by atoms with van der Waals surface area (Å²) in [6.45, 7) is 0. The number of anilines is 1. The summed E-state index contributed by atoms with van der Waals surface area (Å²) in [5.74, 6) is -8.40. The van der Waals surface area contributed by atoms with Crippen molar-refractivity contribution < 1.29 is 28.8 Å². The molecular weight excluding hydrogens is 450 g/mol. The standard InChI is InChI=1S/C21H13N5O8/c1-34-21(31)18(28)15(16-19(29)24-13-5-3-2-4-12(13)23-16)17(27)20(30)25-14-8-11(26(32)33)7-6-10(14)9-22/h2-8,15H,1H3,(H,24,29)(H,25,30)/t15-/m1/s1. The van der Waals surface area contributed by atoms with E-state index in [0.717, 1.165) is 25.3 Å². The molecule has 0 radical (unpaired) electrons. The number of nitro groups is 1. The van der Waals surface area contributed by atoms with Gasteiger partial charge in [0, 0.05) is 12.1 Å². The van der Waals surface area contributed by atoms with E-state index < -0.39 is 51.2 Å². The molecule has 0 aliphatic heterocycles. The number of fused-ring (bicyclic) bond motifs is 1. The van der Waals surface area contributed by atoms with Gasteiger partial charge in [0.25, 0.3) is 22.9 Å². The van der Waals surface area contributed by atoms with Crippen molar-refractivity contribution >= 4 is 45.9 Å². The number of aromatic amines is 1. The first kappa shape index (κ1) is 23.4. The number of rotatable bonds is 7. The van der Waals surface area contributed by atoms with Crippen LogP contribution in [0.3, 0.4) is 0 Å². The number of nitriles is 1.